The van der Waals surface area contributed by atoms with Gasteiger partial charge in [0.1, 0.15) is 0 Å². The summed E-state index contributed by atoms with van der Waals surface area (Å²) in [6.07, 6.45) is 17.0. The second kappa shape index (κ2) is 10.8. The highest BCUT2D eigenvalue weighted by Gasteiger charge is 2.52. The molecule has 1 heterocycles. The maximum atomic E-state index is 9.70. The first-order chi connectivity index (χ1) is 24.5. The Morgan fingerprint density at radius 3 is 1.30 bits per heavy atom. The van der Waals surface area contributed by atoms with Gasteiger partial charge >= 0.3 is 0 Å². The summed E-state index contributed by atoms with van der Waals surface area (Å²) in [5.41, 5.74) is 7.50. The zero-order valence-corrected chi connectivity index (χ0v) is 28.8. The zero-order chi connectivity index (χ0) is 33.0. The molecule has 13 rings (SSSR count). The van der Waals surface area contributed by atoms with Crippen LogP contribution in [0.1, 0.15) is 93.7 Å². The van der Waals surface area contributed by atoms with Crippen molar-refractivity contribution in [2.75, 3.05) is 0 Å². The van der Waals surface area contributed by atoms with E-state index in [0.717, 1.165) is 74.6 Å². The van der Waals surface area contributed by atoms with Gasteiger partial charge in [0, 0.05) is 16.7 Å². The van der Waals surface area contributed by atoms with E-state index in [1.165, 1.54) is 88.2 Å². The molecule has 8 bridgehead atoms. The SMILES string of the molecule is N#Cc1cccc2cc(-c3nc(-c4ccc(C56CC7CC(CC(C7)C5)C6)cc4)nc(-c4ccc(C56CC7CC(CC(C7)C5)C6)cc4)n3)ccc12. The second-order valence-electron chi connectivity index (χ2n) is 17.7. The Labute approximate surface area is 295 Å². The molecule has 4 aromatic carbocycles. The topological polar surface area (TPSA) is 62.5 Å². The van der Waals surface area contributed by atoms with Crippen LogP contribution in [0.3, 0.4) is 0 Å². The fourth-order valence-electron chi connectivity index (χ4n) is 13.2. The Balaban J connectivity index is 0.980. The Bertz CT molecular complexity index is 2010. The molecule has 0 saturated heterocycles. The number of benzene rings is 4. The molecule has 0 radical (unpaired) electrons. The summed E-state index contributed by atoms with van der Waals surface area (Å²) in [6, 6.07) is 33.1. The van der Waals surface area contributed by atoms with Gasteiger partial charge in [-0.3, -0.25) is 0 Å². The van der Waals surface area contributed by atoms with Crippen molar-refractivity contribution >= 4 is 10.8 Å². The summed E-state index contributed by atoms with van der Waals surface area (Å²) in [7, 11) is 0. The van der Waals surface area contributed by atoms with Gasteiger partial charge in [0.15, 0.2) is 17.5 Å². The lowest BCUT2D eigenvalue weighted by molar-refractivity contribution is -0.00530. The van der Waals surface area contributed by atoms with E-state index in [1.807, 2.05) is 18.2 Å². The van der Waals surface area contributed by atoms with E-state index in [9.17, 15) is 5.26 Å². The van der Waals surface area contributed by atoms with Crippen LogP contribution in [0.25, 0.3) is 44.9 Å². The predicted octanol–water partition coefficient (Wildman–Crippen LogP) is 10.8. The highest BCUT2D eigenvalue weighted by Crippen LogP contribution is 2.62. The van der Waals surface area contributed by atoms with Gasteiger partial charge in [-0.2, -0.15) is 5.26 Å². The molecule has 4 nitrogen and oxygen atoms in total. The van der Waals surface area contributed by atoms with Gasteiger partial charge in [-0.15, -0.1) is 0 Å². The smallest absolute Gasteiger partial charge is 0.164 e. The molecule has 248 valence electrons. The lowest BCUT2D eigenvalue weighted by atomic mass is 9.48. The van der Waals surface area contributed by atoms with E-state index < -0.39 is 0 Å². The largest absolute Gasteiger partial charge is 0.208 e. The van der Waals surface area contributed by atoms with Crippen LogP contribution >= 0.6 is 0 Å². The van der Waals surface area contributed by atoms with Crippen molar-refractivity contribution in [2.24, 2.45) is 35.5 Å². The molecule has 0 amide bonds. The Kier molecular flexibility index (Phi) is 6.36. The maximum absolute atomic E-state index is 9.70. The van der Waals surface area contributed by atoms with Crippen LogP contribution in [-0.2, 0) is 10.8 Å². The summed E-state index contributed by atoms with van der Waals surface area (Å²) in [6.45, 7) is 0. The van der Waals surface area contributed by atoms with E-state index >= 15 is 0 Å². The van der Waals surface area contributed by atoms with Crippen molar-refractivity contribution in [3.05, 3.63) is 102 Å². The van der Waals surface area contributed by atoms with Gasteiger partial charge in [-0.1, -0.05) is 72.8 Å². The highest BCUT2D eigenvalue weighted by atomic mass is 15.0. The second-order valence-corrected chi connectivity index (χ2v) is 17.7. The molecule has 5 aromatic rings. The fourth-order valence-corrected chi connectivity index (χ4v) is 13.2. The molecular weight excluding hydrogens is 609 g/mol. The molecule has 4 heteroatoms. The normalized spacial score (nSPS) is 33.2. The summed E-state index contributed by atoms with van der Waals surface area (Å²) in [5.74, 6) is 7.67. The van der Waals surface area contributed by atoms with Crippen LogP contribution in [0.2, 0.25) is 0 Å². The molecule has 50 heavy (non-hydrogen) atoms. The first kappa shape index (κ1) is 29.4. The first-order valence-electron chi connectivity index (χ1n) is 19.4. The molecule has 8 saturated carbocycles. The van der Waals surface area contributed by atoms with Crippen LogP contribution in [-0.4, -0.2) is 15.0 Å². The minimum atomic E-state index is 0.370. The lowest BCUT2D eigenvalue weighted by Crippen LogP contribution is -2.48. The van der Waals surface area contributed by atoms with Gasteiger partial charge in [-0.05, 0) is 157 Å². The first-order valence-corrected chi connectivity index (χ1v) is 19.4. The Hall–Kier alpha value is -4.36. The molecule has 8 aliphatic carbocycles. The number of aromatic nitrogens is 3. The highest BCUT2D eigenvalue weighted by molar-refractivity contribution is 5.91. The Morgan fingerprint density at radius 1 is 0.480 bits per heavy atom. The van der Waals surface area contributed by atoms with E-state index in [0.29, 0.717) is 22.2 Å². The third-order valence-corrected chi connectivity index (χ3v) is 14.5. The van der Waals surface area contributed by atoms with E-state index in [4.69, 9.17) is 15.0 Å². The summed E-state index contributed by atoms with van der Waals surface area (Å²) < 4.78 is 0. The lowest BCUT2D eigenvalue weighted by Gasteiger charge is -2.57. The van der Waals surface area contributed by atoms with Crippen LogP contribution in [0, 0.1) is 46.8 Å². The van der Waals surface area contributed by atoms with Crippen LogP contribution < -0.4 is 0 Å². The number of hydrogen-bond donors (Lipinski definition) is 0. The van der Waals surface area contributed by atoms with Crippen LogP contribution in [0.5, 0.6) is 0 Å². The average molecular weight is 653 g/mol. The molecule has 1 aromatic heterocycles. The minimum Gasteiger partial charge on any atom is -0.208 e. The summed E-state index contributed by atoms with van der Waals surface area (Å²) in [5, 5.41) is 11.7. The van der Waals surface area contributed by atoms with E-state index in [-0.39, 0.29) is 0 Å². The number of rotatable bonds is 5. The van der Waals surface area contributed by atoms with Crippen molar-refractivity contribution in [3.63, 3.8) is 0 Å². The zero-order valence-electron chi connectivity index (χ0n) is 28.8. The molecule has 0 N–H and O–H groups in total. The Morgan fingerprint density at radius 2 is 0.880 bits per heavy atom. The van der Waals surface area contributed by atoms with Crippen LogP contribution in [0.15, 0.2) is 84.9 Å². The minimum absolute atomic E-state index is 0.370. The van der Waals surface area contributed by atoms with Gasteiger partial charge in [0.05, 0.1) is 11.6 Å². The van der Waals surface area contributed by atoms with Crippen molar-refractivity contribution in [2.45, 2.75) is 87.9 Å². The summed E-state index contributed by atoms with van der Waals surface area (Å²) >= 11 is 0. The monoisotopic (exact) mass is 652 g/mol. The van der Waals surface area contributed by atoms with Gasteiger partial charge in [0.25, 0.3) is 0 Å². The van der Waals surface area contributed by atoms with Crippen LogP contribution in [0.4, 0.5) is 0 Å². The van der Waals surface area contributed by atoms with Gasteiger partial charge in [0.2, 0.25) is 0 Å². The molecule has 8 aliphatic rings. The number of fused-ring (bicyclic) bond motifs is 1. The predicted molar refractivity (Wildman–Crippen MR) is 198 cm³/mol. The number of nitriles is 1. The third-order valence-electron chi connectivity index (χ3n) is 14.5. The number of nitrogens with zero attached hydrogens (tertiary/aromatic N) is 4. The number of hydrogen-bond acceptors (Lipinski definition) is 4. The van der Waals surface area contributed by atoms with Crippen molar-refractivity contribution < 1.29 is 0 Å². The molecular formula is C46H44N4. The van der Waals surface area contributed by atoms with Crippen molar-refractivity contribution in [1.82, 2.24) is 15.0 Å². The van der Waals surface area contributed by atoms with Crippen molar-refractivity contribution in [1.29, 1.82) is 5.26 Å². The molecule has 8 fully saturated rings. The maximum Gasteiger partial charge on any atom is 0.164 e. The molecule has 0 spiro atoms. The average Bonchev–Trinajstić information content (AvgIpc) is 3.13. The van der Waals surface area contributed by atoms with E-state index in [2.05, 4.69) is 72.8 Å². The van der Waals surface area contributed by atoms with E-state index in [1.54, 1.807) is 0 Å². The molecule has 0 atom stereocenters. The standard InChI is InChI=1S/C46H44N4/c47-27-38-3-1-2-36-20-37(8-13-41(36)38)44-49-42(34-4-9-39(10-5-34)45-21-28-14-29(22-45)16-30(15-28)23-45)48-43(50-44)35-6-11-40(12-7-35)46-24-31-17-32(25-46)19-33(18-31)26-46/h1-13,20,28-33H,14-19,21-26H2. The third kappa shape index (κ3) is 4.65. The molecule has 0 unspecified atom stereocenters. The fraction of sp³-hybridized carbons (Fsp3) is 0.435. The van der Waals surface area contributed by atoms with Gasteiger partial charge < -0.3 is 0 Å². The quantitative estimate of drug-likeness (QED) is 0.190. The van der Waals surface area contributed by atoms with Gasteiger partial charge in [-0.25, -0.2) is 15.0 Å². The molecule has 0 aliphatic heterocycles. The van der Waals surface area contributed by atoms with Crippen molar-refractivity contribution in [3.8, 4) is 40.2 Å². The summed E-state index contributed by atoms with van der Waals surface area (Å²) in [4.78, 5) is 15.4.